The molecule has 4 nitrogen and oxygen atoms in total. The molecule has 102 valence electrons. The predicted molar refractivity (Wildman–Crippen MR) is 73.0 cm³/mol. The lowest BCUT2D eigenvalue weighted by Gasteiger charge is -2.31. The summed E-state index contributed by atoms with van der Waals surface area (Å²) in [4.78, 5) is 14.4. The maximum Gasteiger partial charge on any atom is 0.254 e. The van der Waals surface area contributed by atoms with Gasteiger partial charge in [0.1, 0.15) is 0 Å². The maximum absolute atomic E-state index is 12.6. The fourth-order valence-electron chi connectivity index (χ4n) is 3.04. The van der Waals surface area contributed by atoms with Crippen molar-refractivity contribution in [2.75, 3.05) is 19.6 Å². The van der Waals surface area contributed by atoms with Gasteiger partial charge in [-0.1, -0.05) is 12.1 Å². The van der Waals surface area contributed by atoms with Crippen molar-refractivity contribution in [3.05, 3.63) is 34.9 Å². The number of carbonyl (C=O) groups excluding carboxylic acids is 1. The van der Waals surface area contributed by atoms with E-state index in [2.05, 4.69) is 11.4 Å². The highest BCUT2D eigenvalue weighted by Gasteiger charge is 2.25. The summed E-state index contributed by atoms with van der Waals surface area (Å²) in [5.41, 5.74) is 3.24. The van der Waals surface area contributed by atoms with Crippen LogP contribution in [0.25, 0.3) is 0 Å². The topological polar surface area (TPSA) is 52.6 Å². The number of rotatable bonds is 1. The van der Waals surface area contributed by atoms with Gasteiger partial charge in [0.25, 0.3) is 5.91 Å². The van der Waals surface area contributed by atoms with Gasteiger partial charge in [-0.2, -0.15) is 0 Å². The standard InChI is InChI=1S/C15H20N2O2/c18-12-4-2-8-17(10-12)15(19)14-5-1-3-11-9-16-7-6-13(11)14/h1,3,5,12,16,18H,2,4,6-10H2. The van der Waals surface area contributed by atoms with Crippen LogP contribution in [0.5, 0.6) is 0 Å². The minimum Gasteiger partial charge on any atom is -0.391 e. The third-order valence-corrected chi connectivity index (χ3v) is 4.05. The second-order valence-electron chi connectivity index (χ2n) is 5.42. The Bertz CT molecular complexity index is 487. The number of carbonyl (C=O) groups is 1. The van der Waals surface area contributed by atoms with Crippen molar-refractivity contribution in [3.63, 3.8) is 0 Å². The molecule has 1 fully saturated rings. The molecule has 0 spiro atoms. The molecule has 4 heteroatoms. The van der Waals surface area contributed by atoms with Crippen molar-refractivity contribution in [1.29, 1.82) is 0 Å². The molecular formula is C15H20N2O2. The highest BCUT2D eigenvalue weighted by atomic mass is 16.3. The molecule has 19 heavy (non-hydrogen) atoms. The number of amides is 1. The molecule has 3 rings (SSSR count). The average molecular weight is 260 g/mol. The van der Waals surface area contributed by atoms with Gasteiger partial charge < -0.3 is 15.3 Å². The van der Waals surface area contributed by atoms with E-state index in [0.717, 1.165) is 44.5 Å². The van der Waals surface area contributed by atoms with Crippen LogP contribution in [-0.2, 0) is 13.0 Å². The van der Waals surface area contributed by atoms with E-state index in [1.54, 1.807) is 4.90 Å². The van der Waals surface area contributed by atoms with Gasteiger partial charge in [-0.15, -0.1) is 0 Å². The summed E-state index contributed by atoms with van der Waals surface area (Å²) in [5.74, 6) is 0.0810. The molecule has 1 saturated heterocycles. The smallest absolute Gasteiger partial charge is 0.254 e. The van der Waals surface area contributed by atoms with Crippen LogP contribution in [0, 0.1) is 0 Å². The number of fused-ring (bicyclic) bond motifs is 1. The molecule has 1 atom stereocenters. The van der Waals surface area contributed by atoms with E-state index in [0.29, 0.717) is 6.54 Å². The SMILES string of the molecule is O=C(c1cccc2c1CCNC2)N1CCCC(O)C1. The maximum atomic E-state index is 12.6. The highest BCUT2D eigenvalue weighted by molar-refractivity contribution is 5.96. The summed E-state index contributed by atoms with van der Waals surface area (Å²) in [6.45, 7) is 3.01. The number of β-amino-alcohol motifs (C(OH)–C–C–N with tert-alkyl or cyclic N) is 1. The van der Waals surface area contributed by atoms with Crippen molar-refractivity contribution in [1.82, 2.24) is 10.2 Å². The number of benzene rings is 1. The molecular weight excluding hydrogens is 240 g/mol. The zero-order valence-electron chi connectivity index (χ0n) is 11.1. The van der Waals surface area contributed by atoms with E-state index in [-0.39, 0.29) is 12.0 Å². The molecule has 2 aliphatic heterocycles. The monoisotopic (exact) mass is 260 g/mol. The first kappa shape index (κ1) is 12.6. The summed E-state index contributed by atoms with van der Waals surface area (Å²) < 4.78 is 0. The summed E-state index contributed by atoms with van der Waals surface area (Å²) >= 11 is 0. The molecule has 0 aromatic heterocycles. The van der Waals surface area contributed by atoms with Gasteiger partial charge in [0.2, 0.25) is 0 Å². The molecule has 0 saturated carbocycles. The van der Waals surface area contributed by atoms with Crippen LogP contribution in [-0.4, -0.2) is 41.7 Å². The van der Waals surface area contributed by atoms with Crippen LogP contribution >= 0.6 is 0 Å². The first-order chi connectivity index (χ1) is 9.25. The number of nitrogens with one attached hydrogen (secondary N) is 1. The summed E-state index contributed by atoms with van der Waals surface area (Å²) in [5, 5.41) is 13.0. The molecule has 0 bridgehead atoms. The molecule has 2 heterocycles. The molecule has 0 radical (unpaired) electrons. The van der Waals surface area contributed by atoms with Gasteiger partial charge in [0.05, 0.1) is 6.10 Å². The van der Waals surface area contributed by atoms with Gasteiger partial charge in [0, 0.05) is 25.2 Å². The largest absolute Gasteiger partial charge is 0.391 e. The van der Waals surface area contributed by atoms with Crippen LogP contribution < -0.4 is 5.32 Å². The Hall–Kier alpha value is -1.39. The Morgan fingerprint density at radius 3 is 3.16 bits per heavy atom. The van der Waals surface area contributed by atoms with E-state index in [9.17, 15) is 9.90 Å². The van der Waals surface area contributed by atoms with Gasteiger partial charge in [0.15, 0.2) is 0 Å². The fraction of sp³-hybridized carbons (Fsp3) is 0.533. The van der Waals surface area contributed by atoms with Crippen molar-refractivity contribution >= 4 is 5.91 Å². The van der Waals surface area contributed by atoms with Crippen LogP contribution in [0.1, 0.15) is 34.3 Å². The summed E-state index contributed by atoms with van der Waals surface area (Å²) in [6, 6.07) is 5.97. The third-order valence-electron chi connectivity index (χ3n) is 4.05. The number of aliphatic hydroxyl groups excluding tert-OH is 1. The number of hydrogen-bond donors (Lipinski definition) is 2. The van der Waals surface area contributed by atoms with Crippen LogP contribution in [0.4, 0.5) is 0 Å². The van der Waals surface area contributed by atoms with Crippen LogP contribution in [0.3, 0.4) is 0 Å². The number of likely N-dealkylation sites (tertiary alicyclic amines) is 1. The van der Waals surface area contributed by atoms with Gasteiger partial charge in [-0.25, -0.2) is 0 Å². The van der Waals surface area contributed by atoms with Crippen LogP contribution in [0.15, 0.2) is 18.2 Å². The number of piperidine rings is 1. The Kier molecular flexibility index (Phi) is 3.53. The van der Waals surface area contributed by atoms with Crippen molar-refractivity contribution in [2.45, 2.75) is 31.9 Å². The minimum atomic E-state index is -0.362. The lowest BCUT2D eigenvalue weighted by atomic mass is 9.94. The van der Waals surface area contributed by atoms with Crippen LogP contribution in [0.2, 0.25) is 0 Å². The molecule has 1 aromatic rings. The Labute approximate surface area is 113 Å². The summed E-state index contributed by atoms with van der Waals surface area (Å²) in [6.07, 6.45) is 2.25. The zero-order chi connectivity index (χ0) is 13.2. The number of hydrogen-bond acceptors (Lipinski definition) is 3. The highest BCUT2D eigenvalue weighted by Crippen LogP contribution is 2.21. The quantitative estimate of drug-likeness (QED) is 0.790. The van der Waals surface area contributed by atoms with E-state index in [1.165, 1.54) is 11.1 Å². The second kappa shape index (κ2) is 5.31. The van der Waals surface area contributed by atoms with E-state index < -0.39 is 0 Å². The first-order valence-corrected chi connectivity index (χ1v) is 7.04. The molecule has 2 aliphatic rings. The van der Waals surface area contributed by atoms with Crippen molar-refractivity contribution in [3.8, 4) is 0 Å². The molecule has 0 aliphatic carbocycles. The van der Waals surface area contributed by atoms with E-state index >= 15 is 0 Å². The van der Waals surface area contributed by atoms with Crippen molar-refractivity contribution < 1.29 is 9.90 Å². The van der Waals surface area contributed by atoms with Gasteiger partial charge in [-0.3, -0.25) is 4.79 Å². The van der Waals surface area contributed by atoms with E-state index in [4.69, 9.17) is 0 Å². The lowest BCUT2D eigenvalue weighted by Crippen LogP contribution is -2.42. The molecule has 1 amide bonds. The van der Waals surface area contributed by atoms with E-state index in [1.807, 2.05) is 12.1 Å². The first-order valence-electron chi connectivity index (χ1n) is 7.04. The summed E-state index contributed by atoms with van der Waals surface area (Å²) in [7, 11) is 0. The number of aliphatic hydroxyl groups is 1. The predicted octanol–water partition coefficient (Wildman–Crippen LogP) is 0.929. The lowest BCUT2D eigenvalue weighted by molar-refractivity contribution is 0.0472. The number of nitrogens with zero attached hydrogens (tertiary/aromatic N) is 1. The van der Waals surface area contributed by atoms with Crippen molar-refractivity contribution in [2.24, 2.45) is 0 Å². The Morgan fingerprint density at radius 2 is 2.32 bits per heavy atom. The average Bonchev–Trinajstić information content (AvgIpc) is 2.46. The Morgan fingerprint density at radius 1 is 1.42 bits per heavy atom. The molecule has 1 aromatic carbocycles. The van der Waals surface area contributed by atoms with Gasteiger partial charge in [-0.05, 0) is 43.0 Å². The molecule has 2 N–H and O–H groups in total. The van der Waals surface area contributed by atoms with Gasteiger partial charge >= 0.3 is 0 Å². The Balaban J connectivity index is 1.87. The zero-order valence-corrected chi connectivity index (χ0v) is 11.1. The normalized spacial score (nSPS) is 23.0. The minimum absolute atomic E-state index is 0.0810. The molecule has 1 unspecified atom stereocenters. The fourth-order valence-corrected chi connectivity index (χ4v) is 3.04. The second-order valence-corrected chi connectivity index (χ2v) is 5.42. The third kappa shape index (κ3) is 2.51.